The number of para-hydroxylation sites is 1. The smallest absolute Gasteiger partial charge is 0.253 e. The van der Waals surface area contributed by atoms with E-state index in [0.29, 0.717) is 18.7 Å². The van der Waals surface area contributed by atoms with Crippen molar-refractivity contribution in [3.05, 3.63) is 35.4 Å². The van der Waals surface area contributed by atoms with Gasteiger partial charge in [-0.05, 0) is 18.6 Å². The van der Waals surface area contributed by atoms with E-state index in [0.717, 1.165) is 17.7 Å². The lowest BCUT2D eigenvalue weighted by molar-refractivity contribution is -0.132. The molecule has 6 nitrogen and oxygen atoms in total. The molecule has 124 valence electrons. The van der Waals surface area contributed by atoms with Gasteiger partial charge in [0.1, 0.15) is 12.4 Å². The fourth-order valence-corrected chi connectivity index (χ4v) is 2.27. The molecule has 0 radical (unpaired) electrons. The molecule has 6 heteroatoms. The summed E-state index contributed by atoms with van der Waals surface area (Å²) in [4.78, 5) is 25.6. The molecule has 0 aromatic heterocycles. The van der Waals surface area contributed by atoms with Gasteiger partial charge in [-0.1, -0.05) is 18.2 Å². The third-order valence-electron chi connectivity index (χ3n) is 3.48. The molecule has 0 bridgehead atoms. The first-order chi connectivity index (χ1) is 11.1. The number of carbonyl (C=O) groups excluding carboxylic acids is 2. The minimum Gasteiger partial charge on any atom is -0.488 e. The number of hydrogen-bond acceptors (Lipinski definition) is 4. The fraction of sp³-hybridized carbons (Fsp3) is 0.412. The molecular weight excluding hydrogens is 296 g/mol. The summed E-state index contributed by atoms with van der Waals surface area (Å²) >= 11 is 0. The molecule has 0 fully saturated rings. The number of ether oxygens (including phenoxy) is 2. The van der Waals surface area contributed by atoms with Crippen LogP contribution in [0.15, 0.2) is 29.8 Å². The number of hydrogen-bond donors (Lipinski definition) is 1. The Bertz CT molecular complexity index is 598. The number of methoxy groups -OCH3 is 1. The number of amides is 2. The Morgan fingerprint density at radius 2 is 2.13 bits per heavy atom. The summed E-state index contributed by atoms with van der Waals surface area (Å²) < 4.78 is 10.5. The van der Waals surface area contributed by atoms with Crippen LogP contribution in [-0.4, -0.2) is 57.2 Å². The van der Waals surface area contributed by atoms with Crippen molar-refractivity contribution < 1.29 is 19.1 Å². The molecule has 0 saturated heterocycles. The van der Waals surface area contributed by atoms with Gasteiger partial charge >= 0.3 is 0 Å². The molecule has 0 atom stereocenters. The minimum absolute atomic E-state index is 0.0187. The van der Waals surface area contributed by atoms with E-state index in [1.807, 2.05) is 30.3 Å². The van der Waals surface area contributed by atoms with Crippen LogP contribution in [0.4, 0.5) is 0 Å². The maximum atomic E-state index is 12.4. The van der Waals surface area contributed by atoms with Crippen LogP contribution >= 0.6 is 0 Å². The van der Waals surface area contributed by atoms with E-state index in [4.69, 9.17) is 9.47 Å². The monoisotopic (exact) mass is 318 g/mol. The van der Waals surface area contributed by atoms with Crippen molar-refractivity contribution in [1.82, 2.24) is 10.2 Å². The van der Waals surface area contributed by atoms with Gasteiger partial charge in [0.2, 0.25) is 5.91 Å². The lowest BCUT2D eigenvalue weighted by Crippen LogP contribution is -2.40. The second-order valence-corrected chi connectivity index (χ2v) is 5.35. The Hall–Kier alpha value is -2.34. The highest BCUT2D eigenvalue weighted by molar-refractivity contribution is 6.00. The zero-order valence-electron chi connectivity index (χ0n) is 13.5. The zero-order valence-corrected chi connectivity index (χ0v) is 13.5. The Balaban J connectivity index is 1.88. The minimum atomic E-state index is -0.202. The number of benzene rings is 1. The maximum Gasteiger partial charge on any atom is 0.253 e. The second-order valence-electron chi connectivity index (χ2n) is 5.35. The van der Waals surface area contributed by atoms with E-state index in [2.05, 4.69) is 5.32 Å². The average molecular weight is 318 g/mol. The van der Waals surface area contributed by atoms with Crippen LogP contribution in [0, 0.1) is 0 Å². The average Bonchev–Trinajstić information content (AvgIpc) is 2.57. The number of carbonyl (C=O) groups is 2. The first-order valence-corrected chi connectivity index (χ1v) is 7.55. The van der Waals surface area contributed by atoms with Gasteiger partial charge < -0.3 is 19.7 Å². The molecule has 1 aromatic carbocycles. The first kappa shape index (κ1) is 17.0. The molecule has 0 spiro atoms. The third-order valence-corrected chi connectivity index (χ3v) is 3.48. The topological polar surface area (TPSA) is 67.9 Å². The molecule has 0 saturated carbocycles. The van der Waals surface area contributed by atoms with Gasteiger partial charge in [0.25, 0.3) is 5.91 Å². The Morgan fingerprint density at radius 3 is 2.91 bits per heavy atom. The summed E-state index contributed by atoms with van der Waals surface area (Å²) in [5, 5.41) is 2.76. The number of fused-ring (bicyclic) bond motifs is 1. The standard InChI is InChI=1S/C17H22N2O4/c1-19(11-16(20)18-8-5-9-22-2)17(21)14-10-13-6-3-4-7-15(13)23-12-14/h3-4,6-7,10H,5,8-9,11-12H2,1-2H3,(H,18,20). The van der Waals surface area contributed by atoms with Gasteiger partial charge in [0, 0.05) is 32.9 Å². The van der Waals surface area contributed by atoms with Crippen molar-refractivity contribution in [3.63, 3.8) is 0 Å². The van der Waals surface area contributed by atoms with Crippen molar-refractivity contribution in [2.75, 3.05) is 40.5 Å². The molecular formula is C17H22N2O4. The van der Waals surface area contributed by atoms with Crippen molar-refractivity contribution >= 4 is 17.9 Å². The van der Waals surface area contributed by atoms with Crippen LogP contribution in [0.25, 0.3) is 6.08 Å². The normalized spacial score (nSPS) is 12.7. The highest BCUT2D eigenvalue weighted by Crippen LogP contribution is 2.26. The van der Waals surface area contributed by atoms with Crippen molar-refractivity contribution in [3.8, 4) is 5.75 Å². The quantitative estimate of drug-likeness (QED) is 0.764. The number of rotatable bonds is 7. The summed E-state index contributed by atoms with van der Waals surface area (Å²) in [7, 11) is 3.23. The number of nitrogens with one attached hydrogen (secondary N) is 1. The van der Waals surface area contributed by atoms with Gasteiger partial charge in [-0.15, -0.1) is 0 Å². The Kier molecular flexibility index (Phi) is 6.17. The van der Waals surface area contributed by atoms with E-state index in [9.17, 15) is 9.59 Å². The fourth-order valence-electron chi connectivity index (χ4n) is 2.27. The lowest BCUT2D eigenvalue weighted by atomic mass is 10.1. The van der Waals surface area contributed by atoms with E-state index in [1.165, 1.54) is 4.90 Å². The molecule has 1 aromatic rings. The summed E-state index contributed by atoms with van der Waals surface area (Å²) in [5.74, 6) is 0.379. The summed E-state index contributed by atoms with van der Waals surface area (Å²) in [6.07, 6.45) is 2.56. The van der Waals surface area contributed by atoms with Gasteiger partial charge in [-0.25, -0.2) is 0 Å². The molecule has 0 unspecified atom stereocenters. The van der Waals surface area contributed by atoms with Crippen LogP contribution in [-0.2, 0) is 14.3 Å². The number of nitrogens with zero attached hydrogens (tertiary/aromatic N) is 1. The van der Waals surface area contributed by atoms with E-state index >= 15 is 0 Å². The predicted molar refractivity (Wildman–Crippen MR) is 87.1 cm³/mol. The SMILES string of the molecule is COCCCNC(=O)CN(C)C(=O)C1=Cc2ccccc2OC1. The first-order valence-electron chi connectivity index (χ1n) is 7.55. The van der Waals surface area contributed by atoms with Crippen LogP contribution in [0.2, 0.25) is 0 Å². The molecule has 23 heavy (non-hydrogen) atoms. The van der Waals surface area contributed by atoms with Gasteiger partial charge in [0.15, 0.2) is 0 Å². The van der Waals surface area contributed by atoms with Crippen molar-refractivity contribution in [1.29, 1.82) is 0 Å². The largest absolute Gasteiger partial charge is 0.488 e. The second kappa shape index (κ2) is 8.33. The number of likely N-dealkylation sites (N-methyl/N-ethyl adjacent to an activating group) is 1. The van der Waals surface area contributed by atoms with Crippen LogP contribution < -0.4 is 10.1 Å². The molecule has 1 heterocycles. The molecule has 0 aliphatic carbocycles. The van der Waals surface area contributed by atoms with Crippen LogP contribution in [0.3, 0.4) is 0 Å². The third kappa shape index (κ3) is 4.82. The van der Waals surface area contributed by atoms with Crippen molar-refractivity contribution in [2.24, 2.45) is 0 Å². The van der Waals surface area contributed by atoms with Gasteiger partial charge in [-0.3, -0.25) is 9.59 Å². The highest BCUT2D eigenvalue weighted by Gasteiger charge is 2.21. The van der Waals surface area contributed by atoms with Crippen LogP contribution in [0.5, 0.6) is 5.75 Å². The van der Waals surface area contributed by atoms with E-state index < -0.39 is 0 Å². The molecule has 2 rings (SSSR count). The highest BCUT2D eigenvalue weighted by atomic mass is 16.5. The maximum absolute atomic E-state index is 12.4. The van der Waals surface area contributed by atoms with Crippen molar-refractivity contribution in [2.45, 2.75) is 6.42 Å². The van der Waals surface area contributed by atoms with Crippen LogP contribution in [0.1, 0.15) is 12.0 Å². The Morgan fingerprint density at radius 1 is 1.35 bits per heavy atom. The molecule has 2 amide bonds. The molecule has 1 aliphatic heterocycles. The van der Waals surface area contributed by atoms with Gasteiger partial charge in [0.05, 0.1) is 12.1 Å². The zero-order chi connectivity index (χ0) is 16.7. The van der Waals surface area contributed by atoms with E-state index in [1.54, 1.807) is 14.2 Å². The lowest BCUT2D eigenvalue weighted by Gasteiger charge is -2.22. The molecule has 1 N–H and O–H groups in total. The Labute approximate surface area is 136 Å². The summed E-state index contributed by atoms with van der Waals surface area (Å²) in [5.41, 5.74) is 1.41. The predicted octanol–water partition coefficient (Wildman–Crippen LogP) is 1.07. The summed E-state index contributed by atoms with van der Waals surface area (Å²) in [6, 6.07) is 7.54. The molecule has 1 aliphatic rings. The summed E-state index contributed by atoms with van der Waals surface area (Å²) in [6.45, 7) is 1.37. The van der Waals surface area contributed by atoms with Gasteiger partial charge in [-0.2, -0.15) is 0 Å². The van der Waals surface area contributed by atoms with E-state index in [-0.39, 0.29) is 25.0 Å².